The molecule has 101 valence electrons. The van der Waals surface area contributed by atoms with Crippen molar-refractivity contribution in [3.8, 4) is 0 Å². The van der Waals surface area contributed by atoms with Crippen molar-refractivity contribution in [2.45, 2.75) is 13.0 Å². The van der Waals surface area contributed by atoms with Crippen molar-refractivity contribution in [3.05, 3.63) is 18.9 Å². The van der Waals surface area contributed by atoms with Crippen molar-refractivity contribution in [2.75, 3.05) is 30.3 Å². The first-order chi connectivity index (χ1) is 8.25. The third kappa shape index (κ3) is 3.21. The summed E-state index contributed by atoms with van der Waals surface area (Å²) < 4.78 is 4.16. The van der Waals surface area contributed by atoms with Crippen LogP contribution in [-0.4, -0.2) is 40.0 Å². The minimum absolute atomic E-state index is 0. The van der Waals surface area contributed by atoms with Crippen LogP contribution in [0.1, 0.15) is 6.92 Å². The minimum atomic E-state index is 0. The molecule has 1 aliphatic heterocycles. The van der Waals surface area contributed by atoms with Gasteiger partial charge in [0, 0.05) is 45.3 Å². The molecule has 2 aromatic heterocycles. The third-order valence-electron chi connectivity index (χ3n) is 2.93. The topological polar surface area (TPSA) is 82.0 Å². The van der Waals surface area contributed by atoms with Gasteiger partial charge in [-0.25, -0.2) is 4.98 Å². The molecule has 1 saturated heterocycles. The SMILES string of the molecule is C[C@H]1C[N-]CCN1c1nc(N)nc2sncc12.[CH3-].[Y]. The van der Waals surface area contributed by atoms with Crippen molar-refractivity contribution in [1.82, 2.24) is 14.3 Å². The second-order valence-electron chi connectivity index (χ2n) is 4.12. The summed E-state index contributed by atoms with van der Waals surface area (Å²) in [6.45, 7) is 4.70. The zero-order valence-electron chi connectivity index (χ0n) is 11.1. The number of rotatable bonds is 1. The van der Waals surface area contributed by atoms with E-state index >= 15 is 0 Å². The normalized spacial score (nSPS) is 18.8. The van der Waals surface area contributed by atoms with E-state index in [0.29, 0.717) is 12.0 Å². The van der Waals surface area contributed by atoms with Crippen LogP contribution in [0.3, 0.4) is 0 Å². The van der Waals surface area contributed by atoms with Gasteiger partial charge in [-0.1, -0.05) is 0 Å². The summed E-state index contributed by atoms with van der Waals surface area (Å²) in [6, 6.07) is 0.348. The quantitative estimate of drug-likeness (QED) is 0.789. The monoisotopic (exact) mass is 353 g/mol. The van der Waals surface area contributed by atoms with Gasteiger partial charge in [0.25, 0.3) is 0 Å². The summed E-state index contributed by atoms with van der Waals surface area (Å²) in [6.07, 6.45) is 1.81. The van der Waals surface area contributed by atoms with E-state index in [0.717, 1.165) is 35.7 Å². The van der Waals surface area contributed by atoms with E-state index in [9.17, 15) is 0 Å². The van der Waals surface area contributed by atoms with Crippen molar-refractivity contribution >= 4 is 33.5 Å². The molecule has 0 aromatic carbocycles. The molecular weight excluding hydrogens is 337 g/mol. The zero-order chi connectivity index (χ0) is 11.8. The van der Waals surface area contributed by atoms with E-state index in [-0.39, 0.29) is 40.1 Å². The van der Waals surface area contributed by atoms with Gasteiger partial charge in [-0.3, -0.25) is 0 Å². The Kier molecular flexibility index (Phi) is 6.04. The van der Waals surface area contributed by atoms with Gasteiger partial charge in [0.1, 0.15) is 5.82 Å². The van der Waals surface area contributed by atoms with Gasteiger partial charge in [0.05, 0.1) is 11.6 Å². The van der Waals surface area contributed by atoms with Crippen molar-refractivity contribution in [3.63, 3.8) is 0 Å². The maximum Gasteiger partial charge on any atom is 0.223 e. The largest absolute Gasteiger partial charge is 0.659 e. The van der Waals surface area contributed by atoms with Crippen LogP contribution < -0.4 is 10.6 Å². The number of piperazine rings is 1. The third-order valence-corrected chi connectivity index (χ3v) is 3.62. The predicted molar refractivity (Wildman–Crippen MR) is 75.9 cm³/mol. The molecule has 2 N–H and O–H groups in total. The van der Waals surface area contributed by atoms with Crippen LogP contribution in [-0.2, 0) is 32.7 Å². The molecule has 8 heteroatoms. The van der Waals surface area contributed by atoms with E-state index in [1.807, 2.05) is 6.20 Å². The molecule has 1 radical (unpaired) electrons. The Morgan fingerprint density at radius 3 is 3.00 bits per heavy atom. The fourth-order valence-corrected chi connectivity index (χ4v) is 2.71. The summed E-state index contributed by atoms with van der Waals surface area (Å²) in [5.41, 5.74) is 5.74. The summed E-state index contributed by atoms with van der Waals surface area (Å²) in [5.74, 6) is 1.20. The van der Waals surface area contributed by atoms with Crippen molar-refractivity contribution < 1.29 is 32.7 Å². The van der Waals surface area contributed by atoms with E-state index in [4.69, 9.17) is 5.73 Å². The van der Waals surface area contributed by atoms with Gasteiger partial charge in [-0.05, 0) is 18.5 Å². The smallest absolute Gasteiger partial charge is 0.223 e. The van der Waals surface area contributed by atoms with Crippen molar-refractivity contribution in [2.24, 2.45) is 0 Å². The second kappa shape index (κ2) is 6.88. The molecule has 0 aliphatic carbocycles. The molecule has 0 bridgehead atoms. The first-order valence-electron chi connectivity index (χ1n) is 5.53. The van der Waals surface area contributed by atoms with Crippen LogP contribution in [0.15, 0.2) is 6.20 Å². The van der Waals surface area contributed by atoms with Gasteiger partial charge in [0.2, 0.25) is 5.95 Å². The van der Waals surface area contributed by atoms with Crippen LogP contribution in [0.25, 0.3) is 15.5 Å². The van der Waals surface area contributed by atoms with Crippen LogP contribution in [0, 0.1) is 7.43 Å². The Hall–Kier alpha value is -0.366. The van der Waals surface area contributed by atoms with Crippen molar-refractivity contribution in [1.29, 1.82) is 0 Å². The van der Waals surface area contributed by atoms with E-state index in [2.05, 4.69) is 31.5 Å². The van der Waals surface area contributed by atoms with Crippen LogP contribution in [0.4, 0.5) is 11.8 Å². The fraction of sp³-hybridized carbons (Fsp3) is 0.455. The summed E-state index contributed by atoms with van der Waals surface area (Å²) in [7, 11) is 0. The molecule has 0 spiro atoms. The maximum absolute atomic E-state index is 5.74. The predicted octanol–water partition coefficient (Wildman–Crippen LogP) is 1.70. The number of aromatic nitrogens is 3. The molecule has 0 unspecified atom stereocenters. The van der Waals surface area contributed by atoms with Crippen LogP contribution in [0.5, 0.6) is 0 Å². The summed E-state index contributed by atoms with van der Waals surface area (Å²) in [4.78, 5) is 11.6. The molecule has 0 amide bonds. The van der Waals surface area contributed by atoms with Gasteiger partial charge < -0.3 is 23.4 Å². The minimum Gasteiger partial charge on any atom is -0.659 e. The van der Waals surface area contributed by atoms with Gasteiger partial charge >= 0.3 is 0 Å². The number of hydrogen-bond acceptors (Lipinski definition) is 6. The van der Waals surface area contributed by atoms with E-state index < -0.39 is 0 Å². The summed E-state index contributed by atoms with van der Waals surface area (Å²) >= 11 is 1.35. The molecule has 3 rings (SSSR count). The molecular formula is C11H16N6SY-2. The maximum atomic E-state index is 5.74. The Labute approximate surface area is 142 Å². The molecule has 3 heterocycles. The average Bonchev–Trinajstić information content (AvgIpc) is 2.76. The number of nitrogens with zero attached hydrogens (tertiary/aromatic N) is 5. The van der Waals surface area contributed by atoms with E-state index in [1.165, 1.54) is 11.5 Å². The molecule has 6 nitrogen and oxygen atoms in total. The molecule has 1 fully saturated rings. The van der Waals surface area contributed by atoms with E-state index in [1.54, 1.807) is 0 Å². The second-order valence-corrected chi connectivity index (χ2v) is 4.90. The van der Waals surface area contributed by atoms with Gasteiger partial charge in [-0.15, -0.1) is 13.1 Å². The number of nitrogens with two attached hydrogens (primary N) is 1. The zero-order valence-corrected chi connectivity index (χ0v) is 14.7. The molecule has 1 aliphatic rings. The van der Waals surface area contributed by atoms with Crippen LogP contribution >= 0.6 is 11.5 Å². The standard InChI is InChI=1S/C10H13N6S.CH3.Y/c1-6-4-12-2-3-16(6)8-7-5-13-17-9(7)15-10(11)14-8;;/h5-6H,2-4H2,1H3,(H2,11,14,15);1H3;/q2*-1;/t6-;;/m0../s1. The Bertz CT molecular complexity index is 545. The molecule has 1 atom stereocenters. The number of hydrogen-bond donors (Lipinski definition) is 1. The number of anilines is 2. The number of nitrogen functional groups attached to an aromatic ring is 1. The fourth-order valence-electron chi connectivity index (χ4n) is 2.07. The molecule has 19 heavy (non-hydrogen) atoms. The molecule has 0 saturated carbocycles. The summed E-state index contributed by atoms with van der Waals surface area (Å²) in [5, 5.41) is 5.38. The Morgan fingerprint density at radius 2 is 2.26 bits per heavy atom. The Morgan fingerprint density at radius 1 is 1.47 bits per heavy atom. The number of fused-ring (bicyclic) bond motifs is 1. The van der Waals surface area contributed by atoms with Gasteiger partial charge in [0.15, 0.2) is 4.83 Å². The van der Waals surface area contributed by atoms with Crippen LogP contribution in [0.2, 0.25) is 0 Å². The Balaban J connectivity index is 0.000000902. The van der Waals surface area contributed by atoms with Gasteiger partial charge in [-0.2, -0.15) is 9.36 Å². The molecule has 2 aromatic rings. The first kappa shape index (κ1) is 16.7. The average molecular weight is 353 g/mol. The first-order valence-corrected chi connectivity index (χ1v) is 6.31.